The predicted molar refractivity (Wildman–Crippen MR) is 67.9 cm³/mol. The second kappa shape index (κ2) is 4.99. The highest BCUT2D eigenvalue weighted by atomic mass is 79.9. The van der Waals surface area contributed by atoms with Crippen molar-refractivity contribution in [1.29, 1.82) is 0 Å². The fraction of sp³-hybridized carbons (Fsp3) is 0.500. The van der Waals surface area contributed by atoms with Crippen LogP contribution in [-0.4, -0.2) is 12.6 Å². The molecule has 1 aliphatic rings. The van der Waals surface area contributed by atoms with Crippen LogP contribution in [-0.2, 0) is 6.42 Å². The van der Waals surface area contributed by atoms with Crippen molar-refractivity contribution in [2.75, 3.05) is 12.3 Å². The molecule has 1 unspecified atom stereocenters. The van der Waals surface area contributed by atoms with Crippen molar-refractivity contribution in [1.82, 2.24) is 5.32 Å². The summed E-state index contributed by atoms with van der Waals surface area (Å²) in [6.45, 7) is 1.18. The first-order valence-electron chi connectivity index (χ1n) is 5.53. The van der Waals surface area contributed by atoms with Gasteiger partial charge >= 0.3 is 0 Å². The summed E-state index contributed by atoms with van der Waals surface area (Å²) in [5.41, 5.74) is 8.11. The van der Waals surface area contributed by atoms with E-state index >= 15 is 0 Å². The zero-order valence-corrected chi connectivity index (χ0v) is 10.4. The number of aryl methyl sites for hydroxylation is 1. The van der Waals surface area contributed by atoms with E-state index in [0.717, 1.165) is 16.6 Å². The van der Waals surface area contributed by atoms with Crippen LogP contribution in [0.25, 0.3) is 0 Å². The van der Waals surface area contributed by atoms with Crippen LogP contribution in [0.1, 0.15) is 24.8 Å². The zero-order valence-electron chi connectivity index (χ0n) is 8.80. The Morgan fingerprint density at radius 3 is 3.07 bits per heavy atom. The van der Waals surface area contributed by atoms with E-state index in [4.69, 9.17) is 5.73 Å². The highest BCUT2D eigenvalue weighted by molar-refractivity contribution is 9.10. The Morgan fingerprint density at radius 2 is 2.33 bits per heavy atom. The third-order valence-electron chi connectivity index (χ3n) is 3.03. The summed E-state index contributed by atoms with van der Waals surface area (Å²) in [6.07, 6.45) is 4.90. The first kappa shape index (κ1) is 11.0. The molecule has 82 valence electrons. The summed E-state index contributed by atoms with van der Waals surface area (Å²) in [5, 5.41) is 3.51. The van der Waals surface area contributed by atoms with Crippen LogP contribution in [0.5, 0.6) is 0 Å². The molecule has 0 saturated carbocycles. The molecule has 1 heterocycles. The van der Waals surface area contributed by atoms with Crippen LogP contribution in [0.3, 0.4) is 0 Å². The van der Waals surface area contributed by atoms with Gasteiger partial charge in [-0.3, -0.25) is 0 Å². The minimum atomic E-state index is 0.698. The van der Waals surface area contributed by atoms with E-state index in [9.17, 15) is 0 Å². The first-order valence-corrected chi connectivity index (χ1v) is 6.32. The lowest BCUT2D eigenvalue weighted by molar-refractivity contribution is 0.559. The zero-order chi connectivity index (χ0) is 10.7. The lowest BCUT2D eigenvalue weighted by atomic mass is 10.0. The molecule has 0 spiro atoms. The van der Waals surface area contributed by atoms with Gasteiger partial charge < -0.3 is 11.1 Å². The molecule has 1 aromatic carbocycles. The third-order valence-corrected chi connectivity index (χ3v) is 3.52. The van der Waals surface area contributed by atoms with E-state index in [2.05, 4.69) is 27.3 Å². The SMILES string of the molecule is Nc1ccc(Br)cc1CCC1CCCN1. The highest BCUT2D eigenvalue weighted by Gasteiger charge is 2.14. The number of hydrogen-bond donors (Lipinski definition) is 2. The molecular formula is C12H17BrN2. The van der Waals surface area contributed by atoms with Gasteiger partial charge in [0.1, 0.15) is 0 Å². The maximum Gasteiger partial charge on any atom is 0.0347 e. The van der Waals surface area contributed by atoms with Crippen LogP contribution >= 0.6 is 15.9 Å². The van der Waals surface area contributed by atoms with Gasteiger partial charge in [-0.1, -0.05) is 15.9 Å². The van der Waals surface area contributed by atoms with Crippen molar-refractivity contribution in [3.05, 3.63) is 28.2 Å². The maximum atomic E-state index is 5.93. The van der Waals surface area contributed by atoms with Crippen LogP contribution in [0, 0.1) is 0 Å². The molecular weight excluding hydrogens is 252 g/mol. The summed E-state index contributed by atoms with van der Waals surface area (Å²) >= 11 is 3.48. The quantitative estimate of drug-likeness (QED) is 0.828. The van der Waals surface area contributed by atoms with Gasteiger partial charge in [-0.15, -0.1) is 0 Å². The molecule has 1 aliphatic heterocycles. The summed E-state index contributed by atoms with van der Waals surface area (Å²) in [5.74, 6) is 0. The lowest BCUT2D eigenvalue weighted by Crippen LogP contribution is -2.21. The monoisotopic (exact) mass is 268 g/mol. The predicted octanol–water partition coefficient (Wildman–Crippen LogP) is 2.72. The fourth-order valence-electron chi connectivity index (χ4n) is 2.12. The van der Waals surface area contributed by atoms with Crippen molar-refractivity contribution in [2.24, 2.45) is 0 Å². The van der Waals surface area contributed by atoms with Gasteiger partial charge in [0.15, 0.2) is 0 Å². The first-order chi connectivity index (χ1) is 7.25. The molecule has 1 saturated heterocycles. The van der Waals surface area contributed by atoms with Gasteiger partial charge in [-0.05, 0) is 56.0 Å². The number of halogens is 1. The number of rotatable bonds is 3. The normalized spacial score (nSPS) is 20.7. The Balaban J connectivity index is 1.94. The maximum absolute atomic E-state index is 5.93. The number of nitrogens with two attached hydrogens (primary N) is 1. The molecule has 0 radical (unpaired) electrons. The second-order valence-electron chi connectivity index (χ2n) is 4.18. The Hall–Kier alpha value is -0.540. The van der Waals surface area contributed by atoms with E-state index in [1.165, 1.54) is 31.4 Å². The summed E-state index contributed by atoms with van der Waals surface area (Å²) in [6, 6.07) is 6.79. The molecule has 1 aromatic rings. The van der Waals surface area contributed by atoms with Crippen molar-refractivity contribution in [3.63, 3.8) is 0 Å². The molecule has 1 atom stereocenters. The van der Waals surface area contributed by atoms with Gasteiger partial charge in [0.05, 0.1) is 0 Å². The number of nitrogens with one attached hydrogen (secondary N) is 1. The molecule has 1 fully saturated rings. The van der Waals surface area contributed by atoms with Crippen molar-refractivity contribution in [2.45, 2.75) is 31.7 Å². The van der Waals surface area contributed by atoms with Crippen LogP contribution in [0.2, 0.25) is 0 Å². The van der Waals surface area contributed by atoms with Crippen molar-refractivity contribution >= 4 is 21.6 Å². The van der Waals surface area contributed by atoms with Gasteiger partial charge in [0, 0.05) is 16.2 Å². The number of nitrogen functional groups attached to an aromatic ring is 1. The van der Waals surface area contributed by atoms with Gasteiger partial charge in [0.25, 0.3) is 0 Å². The van der Waals surface area contributed by atoms with Crippen LogP contribution in [0.15, 0.2) is 22.7 Å². The lowest BCUT2D eigenvalue weighted by Gasteiger charge is -2.11. The van der Waals surface area contributed by atoms with Gasteiger partial charge in [-0.25, -0.2) is 0 Å². The molecule has 3 N–H and O–H groups in total. The molecule has 2 rings (SSSR count). The summed E-state index contributed by atoms with van der Waals surface area (Å²) in [4.78, 5) is 0. The summed E-state index contributed by atoms with van der Waals surface area (Å²) < 4.78 is 1.12. The van der Waals surface area contributed by atoms with E-state index in [1.54, 1.807) is 0 Å². The Morgan fingerprint density at radius 1 is 1.47 bits per heavy atom. The molecule has 2 nitrogen and oxygen atoms in total. The average Bonchev–Trinajstić information content (AvgIpc) is 2.72. The number of anilines is 1. The van der Waals surface area contributed by atoms with E-state index in [-0.39, 0.29) is 0 Å². The minimum absolute atomic E-state index is 0.698. The topological polar surface area (TPSA) is 38.0 Å². The molecule has 0 aliphatic carbocycles. The number of benzene rings is 1. The van der Waals surface area contributed by atoms with Gasteiger partial charge in [-0.2, -0.15) is 0 Å². The average molecular weight is 269 g/mol. The van der Waals surface area contributed by atoms with Crippen LogP contribution in [0.4, 0.5) is 5.69 Å². The van der Waals surface area contributed by atoms with Gasteiger partial charge in [0.2, 0.25) is 0 Å². The Labute approximate surface area is 99.4 Å². The van der Waals surface area contributed by atoms with Crippen molar-refractivity contribution < 1.29 is 0 Å². The Kier molecular flexibility index (Phi) is 3.65. The van der Waals surface area contributed by atoms with Crippen LogP contribution < -0.4 is 11.1 Å². The largest absolute Gasteiger partial charge is 0.399 e. The van der Waals surface area contributed by atoms with E-state index in [1.807, 2.05) is 12.1 Å². The minimum Gasteiger partial charge on any atom is -0.399 e. The highest BCUT2D eigenvalue weighted by Crippen LogP contribution is 2.21. The number of hydrogen-bond acceptors (Lipinski definition) is 2. The summed E-state index contributed by atoms with van der Waals surface area (Å²) in [7, 11) is 0. The Bertz CT molecular complexity index is 332. The standard InChI is InChI=1S/C12H17BrN2/c13-10-4-6-12(14)9(8-10)3-5-11-2-1-7-15-11/h4,6,8,11,15H,1-3,5,7,14H2. The third kappa shape index (κ3) is 2.95. The molecule has 0 amide bonds. The fourth-order valence-corrected chi connectivity index (χ4v) is 2.53. The van der Waals surface area contributed by atoms with E-state index < -0.39 is 0 Å². The van der Waals surface area contributed by atoms with Crippen molar-refractivity contribution in [3.8, 4) is 0 Å². The second-order valence-corrected chi connectivity index (χ2v) is 5.09. The molecule has 15 heavy (non-hydrogen) atoms. The molecule has 0 bridgehead atoms. The smallest absolute Gasteiger partial charge is 0.0347 e. The molecule has 3 heteroatoms. The molecule has 0 aromatic heterocycles. The van der Waals surface area contributed by atoms with E-state index in [0.29, 0.717) is 6.04 Å².